The Morgan fingerprint density at radius 3 is 2.52 bits per heavy atom. The lowest BCUT2D eigenvalue weighted by atomic mass is 10.2. The number of carbonyl (C=O) groups excluding carboxylic acids is 1. The smallest absolute Gasteiger partial charge is 0.247 e. The Balaban J connectivity index is 1.68. The summed E-state index contributed by atoms with van der Waals surface area (Å²) in [5, 5.41) is 12.2. The highest BCUT2D eigenvalue weighted by atomic mass is 35.5. The van der Waals surface area contributed by atoms with Gasteiger partial charge in [0.1, 0.15) is 11.6 Å². The minimum atomic E-state index is -0.269. The molecule has 8 heteroatoms. The van der Waals surface area contributed by atoms with E-state index < -0.39 is 0 Å². The van der Waals surface area contributed by atoms with Crippen LogP contribution in [-0.4, -0.2) is 25.5 Å². The van der Waals surface area contributed by atoms with Crippen LogP contribution in [-0.2, 0) is 17.9 Å². The van der Waals surface area contributed by atoms with Crippen molar-refractivity contribution in [2.24, 2.45) is 0 Å². The second kappa shape index (κ2) is 7.29. The number of nitrogens with one attached hydrogen (secondary N) is 1. The van der Waals surface area contributed by atoms with Crippen molar-refractivity contribution >= 4 is 34.9 Å². The molecule has 0 saturated carbocycles. The third-order valence-corrected chi connectivity index (χ3v) is 4.57. The highest BCUT2D eigenvalue weighted by Crippen LogP contribution is 2.21. The van der Waals surface area contributed by atoms with Gasteiger partial charge in [0.15, 0.2) is 5.82 Å². The fourth-order valence-corrected chi connectivity index (χ4v) is 2.80. The molecule has 25 heavy (non-hydrogen) atoms. The average molecular weight is 378 g/mol. The van der Waals surface area contributed by atoms with Gasteiger partial charge < -0.3 is 5.32 Å². The van der Waals surface area contributed by atoms with Crippen LogP contribution in [0.4, 0.5) is 5.82 Å². The predicted molar refractivity (Wildman–Crippen MR) is 98.1 cm³/mol. The van der Waals surface area contributed by atoms with Gasteiger partial charge in [0, 0.05) is 6.20 Å². The van der Waals surface area contributed by atoms with Crippen LogP contribution < -0.4 is 5.32 Å². The van der Waals surface area contributed by atoms with E-state index in [1.165, 1.54) is 0 Å². The summed E-state index contributed by atoms with van der Waals surface area (Å²) in [7, 11) is 0. The van der Waals surface area contributed by atoms with Crippen LogP contribution in [0.1, 0.15) is 17.0 Å². The Morgan fingerprint density at radius 2 is 1.88 bits per heavy atom. The molecule has 2 aromatic heterocycles. The highest BCUT2D eigenvalue weighted by molar-refractivity contribution is 6.33. The van der Waals surface area contributed by atoms with Crippen molar-refractivity contribution in [2.45, 2.75) is 26.9 Å². The zero-order valence-electron chi connectivity index (χ0n) is 13.8. The zero-order chi connectivity index (χ0) is 18.0. The van der Waals surface area contributed by atoms with Crippen LogP contribution in [0.2, 0.25) is 10.0 Å². The standard InChI is InChI=1S/C17H17Cl2N5O/c1-11-16(19)12(2)24(21-11)10-15(25)20-17-14(18)9-23(22-17)8-13-6-4-3-5-7-13/h3-7,9H,8,10H2,1-2H3,(H,20,22,25). The second-order valence-corrected chi connectivity index (χ2v) is 6.48. The fourth-order valence-electron chi connectivity index (χ4n) is 2.47. The van der Waals surface area contributed by atoms with Crippen LogP contribution in [0.5, 0.6) is 0 Å². The first-order chi connectivity index (χ1) is 11.9. The molecule has 0 bridgehead atoms. The van der Waals surface area contributed by atoms with E-state index in [0.29, 0.717) is 28.1 Å². The number of rotatable bonds is 5. The average Bonchev–Trinajstić information content (AvgIpc) is 3.03. The molecule has 0 aliphatic heterocycles. The van der Waals surface area contributed by atoms with Crippen LogP contribution in [0, 0.1) is 13.8 Å². The van der Waals surface area contributed by atoms with Crippen LogP contribution in [0.15, 0.2) is 36.5 Å². The summed E-state index contributed by atoms with van der Waals surface area (Å²) >= 11 is 12.3. The quantitative estimate of drug-likeness (QED) is 0.737. The van der Waals surface area contributed by atoms with Gasteiger partial charge in [0.25, 0.3) is 0 Å². The summed E-state index contributed by atoms with van der Waals surface area (Å²) in [5.41, 5.74) is 2.53. The minimum absolute atomic E-state index is 0.0429. The predicted octanol–water partition coefficient (Wildman–Crippen LogP) is 3.69. The van der Waals surface area contributed by atoms with E-state index in [9.17, 15) is 4.79 Å². The van der Waals surface area contributed by atoms with E-state index in [0.717, 1.165) is 11.3 Å². The van der Waals surface area contributed by atoms with Gasteiger partial charge in [-0.25, -0.2) is 0 Å². The topological polar surface area (TPSA) is 64.7 Å². The second-order valence-electron chi connectivity index (χ2n) is 5.70. The van der Waals surface area contributed by atoms with Gasteiger partial charge in [-0.05, 0) is 19.4 Å². The van der Waals surface area contributed by atoms with E-state index >= 15 is 0 Å². The van der Waals surface area contributed by atoms with Crippen molar-refractivity contribution in [2.75, 3.05) is 5.32 Å². The molecule has 130 valence electrons. The van der Waals surface area contributed by atoms with E-state index in [4.69, 9.17) is 23.2 Å². The highest BCUT2D eigenvalue weighted by Gasteiger charge is 2.15. The fraction of sp³-hybridized carbons (Fsp3) is 0.235. The molecule has 1 aromatic carbocycles. The molecule has 1 N–H and O–H groups in total. The van der Waals surface area contributed by atoms with Crippen LogP contribution in [0.25, 0.3) is 0 Å². The van der Waals surface area contributed by atoms with Crippen molar-refractivity contribution in [3.63, 3.8) is 0 Å². The molecule has 0 atom stereocenters. The van der Waals surface area contributed by atoms with Gasteiger partial charge in [-0.1, -0.05) is 53.5 Å². The van der Waals surface area contributed by atoms with E-state index in [1.54, 1.807) is 22.5 Å². The molecule has 0 fully saturated rings. The SMILES string of the molecule is Cc1nn(CC(=O)Nc2nn(Cc3ccccc3)cc2Cl)c(C)c1Cl. The number of aromatic nitrogens is 4. The summed E-state index contributed by atoms with van der Waals surface area (Å²) in [4.78, 5) is 12.3. The van der Waals surface area contributed by atoms with Crippen LogP contribution in [0.3, 0.4) is 0 Å². The number of nitrogens with zero attached hydrogens (tertiary/aromatic N) is 4. The van der Waals surface area contributed by atoms with Crippen molar-refractivity contribution in [3.8, 4) is 0 Å². The van der Waals surface area contributed by atoms with Crippen molar-refractivity contribution in [3.05, 3.63) is 63.5 Å². The Labute approximate surface area is 155 Å². The molecule has 0 unspecified atom stereocenters. The number of benzene rings is 1. The molecule has 0 radical (unpaired) electrons. The summed E-state index contributed by atoms with van der Waals surface area (Å²) in [5.74, 6) is 0.0596. The summed E-state index contributed by atoms with van der Waals surface area (Å²) < 4.78 is 3.25. The van der Waals surface area contributed by atoms with Gasteiger partial charge in [0.05, 0.1) is 23.0 Å². The molecule has 3 aromatic rings. The first-order valence-electron chi connectivity index (χ1n) is 7.70. The van der Waals surface area contributed by atoms with E-state index in [2.05, 4.69) is 15.5 Å². The molecule has 1 amide bonds. The van der Waals surface area contributed by atoms with Crippen LogP contribution >= 0.6 is 23.2 Å². The summed E-state index contributed by atoms with van der Waals surface area (Å²) in [6.45, 7) is 4.23. The maximum atomic E-state index is 12.3. The van der Waals surface area contributed by atoms with Gasteiger partial charge >= 0.3 is 0 Å². The van der Waals surface area contributed by atoms with Crippen molar-refractivity contribution in [1.29, 1.82) is 0 Å². The zero-order valence-corrected chi connectivity index (χ0v) is 15.3. The molecule has 6 nitrogen and oxygen atoms in total. The number of amides is 1. The normalized spacial score (nSPS) is 10.9. The first kappa shape index (κ1) is 17.5. The summed E-state index contributed by atoms with van der Waals surface area (Å²) in [6.07, 6.45) is 1.68. The lowest BCUT2D eigenvalue weighted by molar-refractivity contribution is -0.117. The van der Waals surface area contributed by atoms with Gasteiger partial charge in [-0.15, -0.1) is 0 Å². The first-order valence-corrected chi connectivity index (χ1v) is 8.46. The molecule has 0 aliphatic carbocycles. The Kier molecular flexibility index (Phi) is 5.11. The number of hydrogen-bond donors (Lipinski definition) is 1. The third kappa shape index (κ3) is 4.03. The third-order valence-electron chi connectivity index (χ3n) is 3.75. The van der Waals surface area contributed by atoms with Crippen molar-refractivity contribution in [1.82, 2.24) is 19.6 Å². The van der Waals surface area contributed by atoms with Crippen molar-refractivity contribution < 1.29 is 4.79 Å². The number of carbonyl (C=O) groups is 1. The van der Waals surface area contributed by atoms with E-state index in [-0.39, 0.29) is 12.5 Å². The molecular weight excluding hydrogens is 361 g/mol. The maximum Gasteiger partial charge on any atom is 0.247 e. The number of halogens is 2. The number of hydrogen-bond acceptors (Lipinski definition) is 3. The molecule has 0 saturated heterocycles. The molecule has 3 rings (SSSR count). The monoisotopic (exact) mass is 377 g/mol. The Bertz CT molecular complexity index is 901. The number of anilines is 1. The molecule has 2 heterocycles. The van der Waals surface area contributed by atoms with E-state index in [1.807, 2.05) is 37.3 Å². The lowest BCUT2D eigenvalue weighted by Gasteiger charge is -2.05. The Morgan fingerprint density at radius 1 is 1.16 bits per heavy atom. The van der Waals surface area contributed by atoms with Gasteiger partial charge in [-0.2, -0.15) is 10.2 Å². The van der Waals surface area contributed by atoms with Gasteiger partial charge in [-0.3, -0.25) is 14.2 Å². The minimum Gasteiger partial charge on any atom is -0.306 e. The molecule has 0 spiro atoms. The summed E-state index contributed by atoms with van der Waals surface area (Å²) in [6, 6.07) is 9.88. The Hall–Kier alpha value is -2.31. The maximum absolute atomic E-state index is 12.3. The lowest BCUT2D eigenvalue weighted by Crippen LogP contribution is -2.21. The molecular formula is C17H17Cl2N5O. The van der Waals surface area contributed by atoms with Gasteiger partial charge in [0.2, 0.25) is 5.91 Å². The largest absolute Gasteiger partial charge is 0.306 e. The number of aryl methyl sites for hydroxylation is 1. The molecule has 0 aliphatic rings.